The maximum atomic E-state index is 13.6. The van der Waals surface area contributed by atoms with Crippen molar-refractivity contribution < 1.29 is 13.2 Å². The van der Waals surface area contributed by atoms with E-state index in [2.05, 4.69) is 17.9 Å². The molecule has 1 aromatic heterocycles. The van der Waals surface area contributed by atoms with Crippen molar-refractivity contribution in [2.75, 3.05) is 37.8 Å². The Morgan fingerprint density at radius 3 is 2.48 bits per heavy atom. The maximum Gasteiger partial charge on any atom is 0.261 e. The van der Waals surface area contributed by atoms with Gasteiger partial charge in [0, 0.05) is 6.54 Å². The van der Waals surface area contributed by atoms with E-state index in [1.165, 1.54) is 23.0 Å². The fraction of sp³-hybridized carbons (Fsp3) is 0.391. The molecule has 166 valence electrons. The SMILES string of the molecule is CCc1ccc2nc(N(CCCN(C)C)C(=O)c3ccccc3S(=O)(=O)CC)sc2c1. The molecular formula is C23H29N3O3S2. The molecule has 0 aliphatic carbocycles. The molecule has 0 N–H and O–H groups in total. The van der Waals surface area contributed by atoms with Crippen molar-refractivity contribution in [3.8, 4) is 0 Å². The van der Waals surface area contributed by atoms with Gasteiger partial charge in [-0.05, 0) is 63.3 Å². The molecule has 0 saturated carbocycles. The van der Waals surface area contributed by atoms with Crippen molar-refractivity contribution in [1.29, 1.82) is 0 Å². The van der Waals surface area contributed by atoms with Crippen molar-refractivity contribution in [3.63, 3.8) is 0 Å². The minimum Gasteiger partial charge on any atom is -0.309 e. The molecule has 31 heavy (non-hydrogen) atoms. The van der Waals surface area contributed by atoms with E-state index >= 15 is 0 Å². The molecule has 0 fully saturated rings. The Balaban J connectivity index is 2.05. The van der Waals surface area contributed by atoms with Gasteiger partial charge in [-0.1, -0.05) is 43.4 Å². The molecule has 0 aliphatic heterocycles. The minimum absolute atomic E-state index is 0.0567. The zero-order valence-corrected chi connectivity index (χ0v) is 20.1. The summed E-state index contributed by atoms with van der Waals surface area (Å²) in [7, 11) is 0.441. The lowest BCUT2D eigenvalue weighted by Crippen LogP contribution is -2.34. The number of aromatic nitrogens is 1. The number of carbonyl (C=O) groups excluding carboxylic acids is 1. The number of thiazole rings is 1. The highest BCUT2D eigenvalue weighted by molar-refractivity contribution is 7.91. The molecule has 0 unspecified atom stereocenters. The van der Waals surface area contributed by atoms with Crippen molar-refractivity contribution in [2.24, 2.45) is 0 Å². The molecule has 8 heteroatoms. The highest BCUT2D eigenvalue weighted by Gasteiger charge is 2.27. The Hall–Kier alpha value is -2.29. The summed E-state index contributed by atoms with van der Waals surface area (Å²) in [6.07, 6.45) is 1.68. The van der Waals surface area contributed by atoms with Gasteiger partial charge >= 0.3 is 0 Å². The van der Waals surface area contributed by atoms with E-state index in [0.717, 1.165) is 29.6 Å². The van der Waals surface area contributed by atoms with Crippen LogP contribution in [0.1, 0.15) is 36.2 Å². The number of anilines is 1. The number of fused-ring (bicyclic) bond motifs is 1. The molecule has 0 radical (unpaired) electrons. The van der Waals surface area contributed by atoms with Gasteiger partial charge in [0.1, 0.15) is 0 Å². The molecule has 1 amide bonds. The van der Waals surface area contributed by atoms with Crippen molar-refractivity contribution in [1.82, 2.24) is 9.88 Å². The second-order valence-electron chi connectivity index (χ2n) is 7.67. The first kappa shape index (κ1) is 23.4. The molecule has 2 aromatic carbocycles. The number of hydrogen-bond acceptors (Lipinski definition) is 6. The van der Waals surface area contributed by atoms with Gasteiger partial charge in [0.2, 0.25) is 0 Å². The Kier molecular flexibility index (Phi) is 7.46. The van der Waals surface area contributed by atoms with E-state index in [0.29, 0.717) is 11.7 Å². The highest BCUT2D eigenvalue weighted by Crippen LogP contribution is 2.31. The lowest BCUT2D eigenvalue weighted by atomic mass is 10.2. The van der Waals surface area contributed by atoms with Crippen LogP contribution >= 0.6 is 11.3 Å². The van der Waals surface area contributed by atoms with Crippen molar-refractivity contribution >= 4 is 42.4 Å². The Labute approximate surface area is 188 Å². The number of rotatable bonds is 9. The van der Waals surface area contributed by atoms with Gasteiger partial charge in [0.25, 0.3) is 5.91 Å². The van der Waals surface area contributed by atoms with E-state index in [1.807, 2.05) is 26.2 Å². The summed E-state index contributed by atoms with van der Waals surface area (Å²) in [5.74, 6) is -0.389. The minimum atomic E-state index is -3.53. The molecule has 0 atom stereocenters. The monoisotopic (exact) mass is 459 g/mol. The lowest BCUT2D eigenvalue weighted by Gasteiger charge is -2.22. The first-order chi connectivity index (χ1) is 14.8. The van der Waals surface area contributed by atoms with Gasteiger partial charge in [-0.2, -0.15) is 0 Å². The van der Waals surface area contributed by atoms with Crippen LogP contribution in [-0.4, -0.2) is 57.1 Å². The molecule has 0 saturated heterocycles. The molecule has 0 aliphatic rings. The molecule has 6 nitrogen and oxygen atoms in total. The van der Waals surface area contributed by atoms with Crippen LogP contribution in [0.5, 0.6) is 0 Å². The van der Waals surface area contributed by atoms with Crippen LogP contribution in [0.2, 0.25) is 0 Å². The molecule has 1 heterocycles. The van der Waals surface area contributed by atoms with Gasteiger partial charge < -0.3 is 4.90 Å². The number of carbonyl (C=O) groups is 1. The van der Waals surface area contributed by atoms with E-state index < -0.39 is 9.84 Å². The number of amides is 1. The van der Waals surface area contributed by atoms with E-state index in [-0.39, 0.29) is 22.1 Å². The average Bonchev–Trinajstić information content (AvgIpc) is 3.18. The van der Waals surface area contributed by atoms with Gasteiger partial charge in [-0.25, -0.2) is 13.4 Å². The second kappa shape index (κ2) is 9.89. The summed E-state index contributed by atoms with van der Waals surface area (Å²) in [6, 6.07) is 12.6. The third-order valence-electron chi connectivity index (χ3n) is 5.15. The first-order valence-corrected chi connectivity index (χ1v) is 12.9. The number of nitrogens with zero attached hydrogens (tertiary/aromatic N) is 3. The normalized spacial score (nSPS) is 11.9. The number of aryl methyl sites for hydroxylation is 1. The summed E-state index contributed by atoms with van der Waals surface area (Å²) >= 11 is 1.47. The fourth-order valence-electron chi connectivity index (χ4n) is 3.34. The van der Waals surface area contributed by atoms with Gasteiger partial charge in [-0.3, -0.25) is 9.69 Å². The standard InChI is InChI=1S/C23H29N3O3S2/c1-5-17-12-13-19-20(16-17)30-23(24-19)26(15-9-14-25(3)4)22(27)18-10-7-8-11-21(18)31(28,29)6-2/h7-8,10-13,16H,5-6,9,14-15H2,1-4H3. The zero-order valence-electron chi connectivity index (χ0n) is 18.5. The van der Waals surface area contributed by atoms with E-state index in [9.17, 15) is 13.2 Å². The number of hydrogen-bond donors (Lipinski definition) is 0. The third-order valence-corrected chi connectivity index (χ3v) is 7.97. The van der Waals surface area contributed by atoms with Gasteiger partial charge in [-0.15, -0.1) is 0 Å². The van der Waals surface area contributed by atoms with Crippen LogP contribution in [-0.2, 0) is 16.3 Å². The predicted octanol–water partition coefficient (Wildman–Crippen LogP) is 4.25. The maximum absolute atomic E-state index is 13.6. The summed E-state index contributed by atoms with van der Waals surface area (Å²) in [4.78, 5) is 22.1. The average molecular weight is 460 g/mol. The first-order valence-electron chi connectivity index (χ1n) is 10.4. The smallest absolute Gasteiger partial charge is 0.261 e. The summed E-state index contributed by atoms with van der Waals surface area (Å²) in [5, 5.41) is 0.593. The quantitative estimate of drug-likeness (QED) is 0.478. The number of benzene rings is 2. The molecule has 3 aromatic rings. The molecule has 0 bridgehead atoms. The largest absolute Gasteiger partial charge is 0.309 e. The van der Waals surface area contributed by atoms with Crippen LogP contribution in [0.15, 0.2) is 47.4 Å². The van der Waals surface area contributed by atoms with E-state index in [4.69, 9.17) is 4.98 Å². The van der Waals surface area contributed by atoms with Gasteiger partial charge in [0.05, 0.1) is 26.4 Å². The van der Waals surface area contributed by atoms with Crippen molar-refractivity contribution in [3.05, 3.63) is 53.6 Å². The molecule has 3 rings (SSSR count). The lowest BCUT2D eigenvalue weighted by molar-refractivity contribution is 0.0983. The Bertz CT molecular complexity index is 1170. The van der Waals surface area contributed by atoms with E-state index in [1.54, 1.807) is 30.0 Å². The molecular weight excluding hydrogens is 430 g/mol. The summed E-state index contributed by atoms with van der Waals surface area (Å²) < 4.78 is 26.2. The Morgan fingerprint density at radius 2 is 1.81 bits per heavy atom. The van der Waals surface area contributed by atoms with Gasteiger partial charge in [0.15, 0.2) is 15.0 Å². The predicted molar refractivity (Wildman–Crippen MR) is 128 cm³/mol. The van der Waals surface area contributed by atoms with Crippen LogP contribution < -0.4 is 4.90 Å². The van der Waals surface area contributed by atoms with Crippen LogP contribution in [0, 0.1) is 0 Å². The summed E-state index contributed by atoms with van der Waals surface area (Å²) in [5.41, 5.74) is 2.26. The van der Waals surface area contributed by atoms with Crippen LogP contribution in [0.25, 0.3) is 10.2 Å². The Morgan fingerprint density at radius 1 is 1.06 bits per heavy atom. The zero-order chi connectivity index (χ0) is 22.6. The summed E-state index contributed by atoms with van der Waals surface area (Å²) in [6.45, 7) is 4.96. The van der Waals surface area contributed by atoms with Crippen LogP contribution in [0.4, 0.5) is 5.13 Å². The topological polar surface area (TPSA) is 70.6 Å². The second-order valence-corrected chi connectivity index (χ2v) is 10.9. The van der Waals surface area contributed by atoms with Crippen molar-refractivity contribution in [2.45, 2.75) is 31.6 Å². The van der Waals surface area contributed by atoms with Crippen LogP contribution in [0.3, 0.4) is 0 Å². The third kappa shape index (κ3) is 5.31. The fourth-order valence-corrected chi connectivity index (χ4v) is 5.48. The molecule has 0 spiro atoms. The number of sulfone groups is 1. The highest BCUT2D eigenvalue weighted by atomic mass is 32.2.